The fourth-order valence-corrected chi connectivity index (χ4v) is 2.08. The molecule has 0 aliphatic rings. The van der Waals surface area contributed by atoms with Crippen LogP contribution in [0, 0.1) is 0 Å². The largest absolute Gasteiger partial charge is 0.467 e. The standard InChI is InChI=1S/C17H23N3O2/c1-3-18-17(20-12-16-8-5-9-22-16)19-11-14-6-4-7-15(10-14)13-21-2/h4-10H,3,11-13H2,1-2H3,(H2,18,19,20). The lowest BCUT2D eigenvalue weighted by Crippen LogP contribution is -2.36. The van der Waals surface area contributed by atoms with Crippen LogP contribution in [0.15, 0.2) is 52.1 Å². The van der Waals surface area contributed by atoms with Crippen molar-refractivity contribution in [1.82, 2.24) is 10.6 Å². The van der Waals surface area contributed by atoms with Crippen molar-refractivity contribution in [3.8, 4) is 0 Å². The summed E-state index contributed by atoms with van der Waals surface area (Å²) in [4.78, 5) is 4.60. The Balaban J connectivity index is 1.95. The van der Waals surface area contributed by atoms with E-state index in [0.717, 1.165) is 29.4 Å². The number of furan rings is 1. The molecule has 0 aliphatic heterocycles. The van der Waals surface area contributed by atoms with Crippen molar-refractivity contribution in [3.05, 3.63) is 59.5 Å². The third-order valence-electron chi connectivity index (χ3n) is 3.08. The molecule has 0 unspecified atom stereocenters. The third-order valence-corrected chi connectivity index (χ3v) is 3.08. The molecule has 22 heavy (non-hydrogen) atoms. The summed E-state index contributed by atoms with van der Waals surface area (Å²) in [6, 6.07) is 12.1. The number of rotatable bonds is 7. The van der Waals surface area contributed by atoms with Crippen molar-refractivity contribution in [3.63, 3.8) is 0 Å². The van der Waals surface area contributed by atoms with E-state index < -0.39 is 0 Å². The zero-order valence-corrected chi connectivity index (χ0v) is 13.1. The van der Waals surface area contributed by atoms with Gasteiger partial charge in [0.1, 0.15) is 5.76 Å². The molecule has 0 amide bonds. The van der Waals surface area contributed by atoms with Crippen molar-refractivity contribution in [2.75, 3.05) is 13.7 Å². The van der Waals surface area contributed by atoms with Gasteiger partial charge in [-0.3, -0.25) is 0 Å². The van der Waals surface area contributed by atoms with E-state index in [1.807, 2.05) is 25.1 Å². The number of methoxy groups -OCH3 is 1. The van der Waals surface area contributed by atoms with Crippen LogP contribution in [0.3, 0.4) is 0 Å². The Morgan fingerprint density at radius 2 is 2.05 bits per heavy atom. The molecule has 0 fully saturated rings. The predicted octanol–water partition coefficient (Wildman–Crippen LogP) is 2.68. The summed E-state index contributed by atoms with van der Waals surface area (Å²) in [6.07, 6.45) is 1.67. The predicted molar refractivity (Wildman–Crippen MR) is 87.5 cm³/mol. The first-order valence-corrected chi connectivity index (χ1v) is 7.43. The van der Waals surface area contributed by atoms with Crippen molar-refractivity contribution >= 4 is 5.96 Å². The Kier molecular flexibility index (Phi) is 6.51. The number of nitrogens with zero attached hydrogens (tertiary/aromatic N) is 1. The number of nitrogens with one attached hydrogen (secondary N) is 2. The highest BCUT2D eigenvalue weighted by Gasteiger charge is 2.01. The lowest BCUT2D eigenvalue weighted by molar-refractivity contribution is 0.185. The first-order chi connectivity index (χ1) is 10.8. The molecule has 0 spiro atoms. The van der Waals surface area contributed by atoms with Gasteiger partial charge >= 0.3 is 0 Å². The van der Waals surface area contributed by atoms with E-state index in [1.54, 1.807) is 13.4 Å². The zero-order chi connectivity index (χ0) is 15.6. The van der Waals surface area contributed by atoms with Crippen LogP contribution in [0.25, 0.3) is 0 Å². The number of hydrogen-bond donors (Lipinski definition) is 2. The normalized spacial score (nSPS) is 11.5. The Morgan fingerprint density at radius 1 is 1.18 bits per heavy atom. The molecular weight excluding hydrogens is 278 g/mol. The highest BCUT2D eigenvalue weighted by atomic mass is 16.5. The van der Waals surface area contributed by atoms with Crippen molar-refractivity contribution < 1.29 is 9.15 Å². The Labute approximate surface area is 131 Å². The number of aliphatic imine (C=N–C) groups is 1. The Hall–Kier alpha value is -2.27. The number of guanidine groups is 1. The lowest BCUT2D eigenvalue weighted by Gasteiger charge is -2.10. The number of hydrogen-bond acceptors (Lipinski definition) is 3. The van der Waals surface area contributed by atoms with Crippen LogP contribution >= 0.6 is 0 Å². The smallest absolute Gasteiger partial charge is 0.191 e. The van der Waals surface area contributed by atoms with Crippen LogP contribution in [0.1, 0.15) is 23.8 Å². The molecule has 2 aromatic rings. The lowest BCUT2D eigenvalue weighted by atomic mass is 10.1. The van der Waals surface area contributed by atoms with Gasteiger partial charge in [0.25, 0.3) is 0 Å². The molecule has 0 atom stereocenters. The maximum Gasteiger partial charge on any atom is 0.191 e. The summed E-state index contributed by atoms with van der Waals surface area (Å²) in [5.74, 6) is 1.66. The molecule has 2 N–H and O–H groups in total. The Morgan fingerprint density at radius 3 is 2.77 bits per heavy atom. The van der Waals surface area contributed by atoms with Crippen LogP contribution in [0.5, 0.6) is 0 Å². The maximum absolute atomic E-state index is 5.31. The van der Waals surface area contributed by atoms with E-state index in [4.69, 9.17) is 9.15 Å². The van der Waals surface area contributed by atoms with Crippen LogP contribution in [-0.2, 0) is 24.4 Å². The van der Waals surface area contributed by atoms with E-state index in [0.29, 0.717) is 19.7 Å². The summed E-state index contributed by atoms with van der Waals surface area (Å²) in [6.45, 7) is 4.71. The van der Waals surface area contributed by atoms with Gasteiger partial charge in [-0.15, -0.1) is 0 Å². The van der Waals surface area contributed by atoms with E-state index in [-0.39, 0.29) is 0 Å². The van der Waals surface area contributed by atoms with Crippen LogP contribution in [-0.4, -0.2) is 19.6 Å². The molecule has 5 heteroatoms. The molecule has 5 nitrogen and oxygen atoms in total. The monoisotopic (exact) mass is 301 g/mol. The van der Waals surface area contributed by atoms with Gasteiger partial charge in [0.05, 0.1) is 26.0 Å². The van der Waals surface area contributed by atoms with Crippen molar-refractivity contribution in [2.45, 2.75) is 26.6 Å². The minimum Gasteiger partial charge on any atom is -0.467 e. The molecular formula is C17H23N3O2. The summed E-state index contributed by atoms with van der Waals surface area (Å²) in [5, 5.41) is 6.48. The molecule has 0 saturated carbocycles. The summed E-state index contributed by atoms with van der Waals surface area (Å²) < 4.78 is 10.5. The molecule has 1 aromatic heterocycles. The summed E-state index contributed by atoms with van der Waals surface area (Å²) in [7, 11) is 1.70. The minimum atomic E-state index is 0.614. The molecule has 0 saturated heterocycles. The first kappa shape index (κ1) is 16.1. The van der Waals surface area contributed by atoms with Gasteiger partial charge < -0.3 is 19.8 Å². The molecule has 2 rings (SSSR count). The van der Waals surface area contributed by atoms with Crippen LogP contribution < -0.4 is 10.6 Å². The van der Waals surface area contributed by atoms with Gasteiger partial charge in [-0.2, -0.15) is 0 Å². The van der Waals surface area contributed by atoms with Gasteiger partial charge in [0.15, 0.2) is 5.96 Å². The first-order valence-electron chi connectivity index (χ1n) is 7.43. The second-order valence-electron chi connectivity index (χ2n) is 4.88. The summed E-state index contributed by atoms with van der Waals surface area (Å²) in [5.41, 5.74) is 2.31. The average Bonchev–Trinajstić information content (AvgIpc) is 3.04. The van der Waals surface area contributed by atoms with Gasteiger partial charge in [0.2, 0.25) is 0 Å². The quantitative estimate of drug-likeness (QED) is 0.610. The van der Waals surface area contributed by atoms with Crippen LogP contribution in [0.4, 0.5) is 0 Å². The van der Waals surface area contributed by atoms with Gasteiger partial charge in [-0.1, -0.05) is 24.3 Å². The highest BCUT2D eigenvalue weighted by molar-refractivity contribution is 5.79. The average molecular weight is 301 g/mol. The molecule has 1 heterocycles. The summed E-state index contributed by atoms with van der Waals surface area (Å²) >= 11 is 0. The van der Waals surface area contributed by atoms with Crippen molar-refractivity contribution in [2.24, 2.45) is 4.99 Å². The Bertz CT molecular complexity index is 579. The topological polar surface area (TPSA) is 58.8 Å². The van der Waals surface area contributed by atoms with Crippen molar-refractivity contribution in [1.29, 1.82) is 0 Å². The minimum absolute atomic E-state index is 0.614. The highest BCUT2D eigenvalue weighted by Crippen LogP contribution is 2.07. The van der Waals surface area contributed by atoms with Crippen LogP contribution in [0.2, 0.25) is 0 Å². The fourth-order valence-electron chi connectivity index (χ4n) is 2.08. The number of benzene rings is 1. The molecule has 118 valence electrons. The van der Waals surface area contributed by atoms with Gasteiger partial charge in [0, 0.05) is 13.7 Å². The van der Waals surface area contributed by atoms with E-state index in [1.165, 1.54) is 0 Å². The fraction of sp³-hybridized carbons (Fsp3) is 0.353. The number of ether oxygens (including phenoxy) is 1. The van der Waals surface area contributed by atoms with E-state index >= 15 is 0 Å². The molecule has 1 aromatic carbocycles. The molecule has 0 radical (unpaired) electrons. The SMILES string of the molecule is CCNC(=NCc1cccc(COC)c1)NCc1ccco1. The van der Waals surface area contributed by atoms with E-state index in [9.17, 15) is 0 Å². The second kappa shape index (κ2) is 8.89. The van der Waals surface area contributed by atoms with E-state index in [2.05, 4.69) is 33.8 Å². The van der Waals surface area contributed by atoms with Gasteiger partial charge in [-0.05, 0) is 30.2 Å². The maximum atomic E-state index is 5.31. The zero-order valence-electron chi connectivity index (χ0n) is 13.1. The molecule has 0 bridgehead atoms. The second-order valence-corrected chi connectivity index (χ2v) is 4.88. The molecule has 0 aliphatic carbocycles. The van der Waals surface area contributed by atoms with Gasteiger partial charge in [-0.25, -0.2) is 4.99 Å². The third kappa shape index (κ3) is 5.26.